The third-order valence-corrected chi connectivity index (χ3v) is 4.77. The van der Waals surface area contributed by atoms with Gasteiger partial charge in [0.25, 0.3) is 0 Å². The largest absolute Gasteiger partial charge is 0.212 e. The third kappa shape index (κ3) is 4.20. The van der Waals surface area contributed by atoms with E-state index in [1.165, 1.54) is 25.7 Å². The summed E-state index contributed by atoms with van der Waals surface area (Å²) in [5.74, 6) is 2.40. The van der Waals surface area contributed by atoms with Crippen LogP contribution in [0.3, 0.4) is 0 Å². The van der Waals surface area contributed by atoms with Crippen LogP contribution in [0, 0.1) is 17.8 Å². The van der Waals surface area contributed by atoms with E-state index in [-0.39, 0.29) is 5.83 Å². The Morgan fingerprint density at radius 1 is 1.12 bits per heavy atom. The van der Waals surface area contributed by atoms with Crippen LogP contribution < -0.4 is 0 Å². The van der Waals surface area contributed by atoms with Crippen molar-refractivity contribution in [2.75, 3.05) is 0 Å². The first kappa shape index (κ1) is 13.8. The molecule has 1 atom stereocenters. The fraction of sp³-hybridized carbons (Fsp3) is 0.714. The van der Waals surface area contributed by atoms with Crippen LogP contribution in [0.1, 0.15) is 44.9 Å². The molecule has 0 heterocycles. The molecule has 96 valence electrons. The maximum Gasteiger partial charge on any atom is 0.0960 e. The molecule has 0 aromatic rings. The summed E-state index contributed by atoms with van der Waals surface area (Å²) in [7, 11) is 0. The molecule has 1 unspecified atom stereocenters. The van der Waals surface area contributed by atoms with Crippen molar-refractivity contribution >= 4 is 31.9 Å². The molecule has 2 aliphatic carbocycles. The van der Waals surface area contributed by atoms with Crippen LogP contribution in [0.4, 0.5) is 4.39 Å². The summed E-state index contributed by atoms with van der Waals surface area (Å²) in [6, 6.07) is 0. The van der Waals surface area contributed by atoms with Crippen molar-refractivity contribution in [3.05, 3.63) is 21.4 Å². The Kier molecular flexibility index (Phi) is 5.28. The van der Waals surface area contributed by atoms with Gasteiger partial charge in [-0.2, -0.15) is 0 Å². The van der Waals surface area contributed by atoms with Crippen molar-refractivity contribution in [3.63, 3.8) is 0 Å². The fourth-order valence-corrected chi connectivity index (χ4v) is 3.96. The Morgan fingerprint density at radius 2 is 1.82 bits per heavy atom. The van der Waals surface area contributed by atoms with Gasteiger partial charge in [-0.3, -0.25) is 0 Å². The molecule has 2 rings (SSSR count). The van der Waals surface area contributed by atoms with Gasteiger partial charge < -0.3 is 0 Å². The molecule has 2 aliphatic rings. The summed E-state index contributed by atoms with van der Waals surface area (Å²) in [6.45, 7) is 0. The van der Waals surface area contributed by atoms with Gasteiger partial charge in [-0.15, -0.1) is 0 Å². The minimum Gasteiger partial charge on any atom is -0.212 e. The van der Waals surface area contributed by atoms with Crippen LogP contribution in [-0.2, 0) is 0 Å². The van der Waals surface area contributed by atoms with Gasteiger partial charge in [0.2, 0.25) is 0 Å². The number of rotatable bonds is 2. The van der Waals surface area contributed by atoms with E-state index in [2.05, 4.69) is 37.9 Å². The Bertz CT molecular complexity index is 310. The standard InChI is InChI=1S/C14H19Br2F/c15-14(16)9-10-1-3-11(4-2-10)12-5-7-13(17)8-6-12/h7,9-12H,1-6,8H2. The van der Waals surface area contributed by atoms with E-state index >= 15 is 0 Å². The van der Waals surface area contributed by atoms with Crippen LogP contribution in [-0.4, -0.2) is 0 Å². The number of allylic oxidation sites excluding steroid dienone is 3. The van der Waals surface area contributed by atoms with E-state index in [4.69, 9.17) is 0 Å². The summed E-state index contributed by atoms with van der Waals surface area (Å²) in [5, 5.41) is 0. The second kappa shape index (κ2) is 6.51. The monoisotopic (exact) mass is 364 g/mol. The van der Waals surface area contributed by atoms with Crippen LogP contribution in [0.25, 0.3) is 0 Å². The molecule has 0 spiro atoms. The predicted molar refractivity (Wildman–Crippen MR) is 77.9 cm³/mol. The highest BCUT2D eigenvalue weighted by atomic mass is 79.9. The molecule has 17 heavy (non-hydrogen) atoms. The fourth-order valence-electron chi connectivity index (χ4n) is 3.21. The molecular formula is C14H19Br2F. The van der Waals surface area contributed by atoms with Gasteiger partial charge in [-0.25, -0.2) is 4.39 Å². The highest BCUT2D eigenvalue weighted by Crippen LogP contribution is 2.40. The van der Waals surface area contributed by atoms with Gasteiger partial charge in [-0.05, 0) is 94.6 Å². The van der Waals surface area contributed by atoms with Crippen LogP contribution in [0.2, 0.25) is 0 Å². The normalized spacial score (nSPS) is 34.1. The average Bonchev–Trinajstić information content (AvgIpc) is 2.30. The second-order valence-corrected chi connectivity index (χ2v) is 8.09. The lowest BCUT2D eigenvalue weighted by molar-refractivity contribution is 0.205. The first-order valence-electron chi connectivity index (χ1n) is 6.52. The summed E-state index contributed by atoms with van der Waals surface area (Å²) in [4.78, 5) is 0. The zero-order valence-electron chi connectivity index (χ0n) is 9.97. The maximum absolute atomic E-state index is 13.0. The van der Waals surface area contributed by atoms with Gasteiger partial charge in [0.05, 0.1) is 9.22 Å². The predicted octanol–water partition coefficient (Wildman–Crippen LogP) is 6.08. The van der Waals surface area contributed by atoms with Gasteiger partial charge in [0.1, 0.15) is 0 Å². The van der Waals surface area contributed by atoms with E-state index in [0.29, 0.717) is 6.42 Å². The maximum atomic E-state index is 13.0. The average molecular weight is 366 g/mol. The van der Waals surface area contributed by atoms with Crippen LogP contribution >= 0.6 is 31.9 Å². The molecule has 3 heteroatoms. The molecule has 0 nitrogen and oxygen atoms in total. The SMILES string of the molecule is FC1=CCC(C2CCC(C=C(Br)Br)CC2)CC1. The topological polar surface area (TPSA) is 0 Å². The van der Waals surface area contributed by atoms with Crippen LogP contribution in [0.5, 0.6) is 0 Å². The molecular weight excluding hydrogens is 347 g/mol. The molecule has 1 saturated carbocycles. The molecule has 0 saturated heterocycles. The molecule has 0 aliphatic heterocycles. The number of hydrogen-bond acceptors (Lipinski definition) is 0. The lowest BCUT2D eigenvalue weighted by Gasteiger charge is -2.34. The van der Waals surface area contributed by atoms with Gasteiger partial charge in [0, 0.05) is 0 Å². The van der Waals surface area contributed by atoms with E-state index in [0.717, 1.165) is 34.0 Å². The van der Waals surface area contributed by atoms with Gasteiger partial charge in [0.15, 0.2) is 0 Å². The summed E-state index contributed by atoms with van der Waals surface area (Å²) < 4.78 is 14.1. The van der Waals surface area contributed by atoms with Crippen molar-refractivity contribution in [1.29, 1.82) is 0 Å². The zero-order chi connectivity index (χ0) is 12.3. The minimum atomic E-state index is 0.112. The highest BCUT2D eigenvalue weighted by Gasteiger charge is 2.28. The van der Waals surface area contributed by atoms with Crippen molar-refractivity contribution in [3.8, 4) is 0 Å². The Balaban J connectivity index is 1.81. The molecule has 0 bridgehead atoms. The summed E-state index contributed by atoms with van der Waals surface area (Å²) in [5.41, 5.74) is 0. The van der Waals surface area contributed by atoms with Crippen LogP contribution in [0.15, 0.2) is 21.4 Å². The molecule has 0 radical (unpaired) electrons. The molecule has 0 amide bonds. The molecule has 0 aromatic heterocycles. The third-order valence-electron chi connectivity index (χ3n) is 4.24. The van der Waals surface area contributed by atoms with E-state index in [1.807, 2.05) is 6.08 Å². The summed E-state index contributed by atoms with van der Waals surface area (Å²) in [6.07, 6.45) is 12.0. The lowest BCUT2D eigenvalue weighted by Crippen LogP contribution is -2.22. The molecule has 1 fully saturated rings. The summed E-state index contributed by atoms with van der Waals surface area (Å²) >= 11 is 6.87. The van der Waals surface area contributed by atoms with E-state index in [9.17, 15) is 4.39 Å². The Hall–Kier alpha value is 0.370. The second-order valence-electron chi connectivity index (χ2n) is 5.32. The van der Waals surface area contributed by atoms with Crippen molar-refractivity contribution < 1.29 is 4.39 Å². The Labute approximate surface area is 120 Å². The number of hydrogen-bond donors (Lipinski definition) is 0. The minimum absolute atomic E-state index is 0.112. The van der Waals surface area contributed by atoms with Gasteiger partial charge in [-0.1, -0.05) is 12.2 Å². The van der Waals surface area contributed by atoms with Crippen molar-refractivity contribution in [1.82, 2.24) is 0 Å². The first-order chi connectivity index (χ1) is 8.15. The van der Waals surface area contributed by atoms with E-state index in [1.54, 1.807) is 0 Å². The number of halogens is 3. The lowest BCUT2D eigenvalue weighted by atomic mass is 9.72. The smallest absolute Gasteiger partial charge is 0.0960 e. The first-order valence-corrected chi connectivity index (χ1v) is 8.11. The van der Waals surface area contributed by atoms with Crippen molar-refractivity contribution in [2.24, 2.45) is 17.8 Å². The zero-order valence-corrected chi connectivity index (χ0v) is 13.1. The quantitative estimate of drug-likeness (QED) is 0.556. The van der Waals surface area contributed by atoms with E-state index < -0.39 is 0 Å². The van der Waals surface area contributed by atoms with Gasteiger partial charge >= 0.3 is 0 Å². The molecule has 0 N–H and O–H groups in total. The Morgan fingerprint density at radius 3 is 2.35 bits per heavy atom. The molecule has 0 aromatic carbocycles. The highest BCUT2D eigenvalue weighted by molar-refractivity contribution is 9.28. The van der Waals surface area contributed by atoms with Crippen molar-refractivity contribution in [2.45, 2.75) is 44.9 Å².